The first-order chi connectivity index (χ1) is 12.3. The molecule has 1 aromatic heterocycles. The van der Waals surface area contributed by atoms with Crippen LogP contribution in [0.5, 0.6) is 0 Å². The molecule has 1 saturated heterocycles. The van der Waals surface area contributed by atoms with Gasteiger partial charge in [0, 0.05) is 18.0 Å². The average molecular weight is 354 g/mol. The van der Waals surface area contributed by atoms with Crippen LogP contribution in [0.4, 0.5) is 5.82 Å². The second-order valence-electron chi connectivity index (χ2n) is 8.44. The zero-order valence-electron chi connectivity index (χ0n) is 16.3. The summed E-state index contributed by atoms with van der Waals surface area (Å²) < 4.78 is 1.83. The lowest BCUT2D eigenvalue weighted by Crippen LogP contribution is -2.39. The quantitative estimate of drug-likeness (QED) is 0.907. The Kier molecular flexibility index (Phi) is 5.47. The highest BCUT2D eigenvalue weighted by atomic mass is 16.2. The van der Waals surface area contributed by atoms with E-state index in [4.69, 9.17) is 5.10 Å². The first-order valence-electron chi connectivity index (χ1n) is 9.51. The van der Waals surface area contributed by atoms with Gasteiger partial charge in [-0.3, -0.25) is 9.69 Å². The van der Waals surface area contributed by atoms with Crippen LogP contribution in [0.1, 0.15) is 46.2 Å². The number of aromatic nitrogens is 2. The van der Waals surface area contributed by atoms with E-state index in [0.717, 1.165) is 30.3 Å². The van der Waals surface area contributed by atoms with E-state index in [1.54, 1.807) is 0 Å². The largest absolute Gasteiger partial charge is 0.309 e. The molecule has 2 heterocycles. The monoisotopic (exact) mass is 354 g/mol. The Balaban J connectivity index is 1.79. The van der Waals surface area contributed by atoms with Crippen LogP contribution in [-0.4, -0.2) is 40.2 Å². The fourth-order valence-electron chi connectivity index (χ4n) is 3.42. The maximum absolute atomic E-state index is 12.6. The van der Waals surface area contributed by atoms with Gasteiger partial charge in [0.05, 0.1) is 17.9 Å². The van der Waals surface area contributed by atoms with E-state index in [2.05, 4.69) is 37.9 Å². The number of nitrogens with one attached hydrogen (secondary N) is 1. The standard InChI is InChI=1S/C21H30N4O/c1-16-9-8-12-24(14-16)15-20(26)22-19-13-18(21(2,3)4)23-25(19)17-10-6-5-7-11-17/h5-7,10-11,13,16H,8-9,12,14-15H2,1-4H3,(H,22,26)/t16-/m1/s1. The van der Waals surface area contributed by atoms with E-state index in [1.807, 2.05) is 41.1 Å². The number of para-hydroxylation sites is 1. The minimum atomic E-state index is -0.0815. The average Bonchev–Trinajstić information content (AvgIpc) is 2.99. The number of benzene rings is 1. The molecule has 5 heteroatoms. The van der Waals surface area contributed by atoms with Crippen molar-refractivity contribution in [1.29, 1.82) is 0 Å². The lowest BCUT2D eigenvalue weighted by molar-refractivity contribution is -0.117. The highest BCUT2D eigenvalue weighted by molar-refractivity contribution is 5.91. The van der Waals surface area contributed by atoms with Crippen molar-refractivity contribution in [2.75, 3.05) is 25.0 Å². The maximum atomic E-state index is 12.6. The van der Waals surface area contributed by atoms with E-state index in [0.29, 0.717) is 12.5 Å². The first kappa shape index (κ1) is 18.6. The molecule has 0 aliphatic carbocycles. The lowest BCUT2D eigenvalue weighted by Gasteiger charge is -2.30. The van der Waals surface area contributed by atoms with Crippen molar-refractivity contribution in [3.63, 3.8) is 0 Å². The number of amides is 1. The zero-order chi connectivity index (χ0) is 18.7. The fourth-order valence-corrected chi connectivity index (χ4v) is 3.42. The van der Waals surface area contributed by atoms with E-state index < -0.39 is 0 Å². The SMILES string of the molecule is C[C@@H]1CCCN(CC(=O)Nc2cc(C(C)(C)C)nn2-c2ccccc2)C1. The van der Waals surface area contributed by atoms with Crippen LogP contribution in [0.15, 0.2) is 36.4 Å². The molecule has 0 bridgehead atoms. The van der Waals surface area contributed by atoms with Gasteiger partial charge in [-0.2, -0.15) is 5.10 Å². The van der Waals surface area contributed by atoms with Gasteiger partial charge in [0.25, 0.3) is 0 Å². The lowest BCUT2D eigenvalue weighted by atomic mass is 9.92. The Hall–Kier alpha value is -2.14. The van der Waals surface area contributed by atoms with Crippen LogP contribution in [-0.2, 0) is 10.2 Å². The molecule has 5 nitrogen and oxygen atoms in total. The van der Waals surface area contributed by atoms with Crippen LogP contribution < -0.4 is 5.32 Å². The molecule has 0 saturated carbocycles. The molecule has 140 valence electrons. The highest BCUT2D eigenvalue weighted by Gasteiger charge is 2.23. The molecule has 1 N–H and O–H groups in total. The van der Waals surface area contributed by atoms with Crippen molar-refractivity contribution in [3.05, 3.63) is 42.1 Å². The summed E-state index contributed by atoms with van der Waals surface area (Å²) in [5.74, 6) is 1.42. The van der Waals surface area contributed by atoms with E-state index in [9.17, 15) is 4.79 Å². The van der Waals surface area contributed by atoms with Gasteiger partial charge < -0.3 is 5.32 Å². The van der Waals surface area contributed by atoms with Gasteiger partial charge >= 0.3 is 0 Å². The topological polar surface area (TPSA) is 50.2 Å². The van der Waals surface area contributed by atoms with Crippen molar-refractivity contribution in [2.24, 2.45) is 5.92 Å². The maximum Gasteiger partial charge on any atom is 0.239 e. The third-order valence-electron chi connectivity index (χ3n) is 4.85. The molecule has 1 aliphatic rings. The van der Waals surface area contributed by atoms with Crippen molar-refractivity contribution in [3.8, 4) is 5.69 Å². The number of carbonyl (C=O) groups is 1. The van der Waals surface area contributed by atoms with Crippen molar-refractivity contribution < 1.29 is 4.79 Å². The number of nitrogens with zero attached hydrogens (tertiary/aromatic N) is 3. The summed E-state index contributed by atoms with van der Waals surface area (Å²) in [5, 5.41) is 7.84. The first-order valence-corrected chi connectivity index (χ1v) is 9.51. The molecular formula is C21H30N4O. The summed E-state index contributed by atoms with van der Waals surface area (Å²) >= 11 is 0. The predicted octanol–water partition coefficient (Wildman–Crippen LogP) is 3.84. The van der Waals surface area contributed by atoms with Crippen molar-refractivity contribution in [2.45, 2.75) is 46.0 Å². The normalized spacial score (nSPS) is 18.7. The summed E-state index contributed by atoms with van der Waals surface area (Å²) in [6, 6.07) is 11.9. The number of anilines is 1. The van der Waals surface area contributed by atoms with E-state index >= 15 is 0 Å². The van der Waals surface area contributed by atoms with E-state index in [-0.39, 0.29) is 11.3 Å². The van der Waals surface area contributed by atoms with Gasteiger partial charge in [0.1, 0.15) is 5.82 Å². The van der Waals surface area contributed by atoms with Crippen LogP contribution in [0.2, 0.25) is 0 Å². The Morgan fingerprint density at radius 2 is 2.00 bits per heavy atom. The summed E-state index contributed by atoms with van der Waals surface area (Å²) in [6.07, 6.45) is 2.43. The zero-order valence-corrected chi connectivity index (χ0v) is 16.3. The summed E-state index contributed by atoms with van der Waals surface area (Å²) in [4.78, 5) is 14.9. The third-order valence-corrected chi connectivity index (χ3v) is 4.85. The molecular weight excluding hydrogens is 324 g/mol. The Labute approximate surface area is 156 Å². The third kappa shape index (κ3) is 4.52. The number of hydrogen-bond acceptors (Lipinski definition) is 3. The van der Waals surface area contributed by atoms with Crippen molar-refractivity contribution >= 4 is 11.7 Å². The number of rotatable bonds is 4. The Morgan fingerprint density at radius 1 is 1.27 bits per heavy atom. The molecule has 26 heavy (non-hydrogen) atoms. The molecule has 0 unspecified atom stereocenters. The van der Waals surface area contributed by atoms with Gasteiger partial charge in [-0.1, -0.05) is 45.9 Å². The van der Waals surface area contributed by atoms with Crippen LogP contribution >= 0.6 is 0 Å². The van der Waals surface area contributed by atoms with Gasteiger partial charge in [0.15, 0.2) is 0 Å². The minimum Gasteiger partial charge on any atom is -0.309 e. The minimum absolute atomic E-state index is 0.0247. The summed E-state index contributed by atoms with van der Waals surface area (Å²) in [5.41, 5.74) is 1.83. The molecule has 1 aliphatic heterocycles. The molecule has 0 radical (unpaired) electrons. The smallest absolute Gasteiger partial charge is 0.239 e. The fraction of sp³-hybridized carbons (Fsp3) is 0.524. The summed E-state index contributed by atoms with van der Waals surface area (Å²) in [7, 11) is 0. The molecule has 2 aromatic rings. The van der Waals surface area contributed by atoms with Gasteiger partial charge in [-0.15, -0.1) is 0 Å². The van der Waals surface area contributed by atoms with Gasteiger partial charge in [-0.25, -0.2) is 4.68 Å². The molecule has 1 amide bonds. The molecule has 1 atom stereocenters. The molecule has 1 aromatic carbocycles. The highest BCUT2D eigenvalue weighted by Crippen LogP contribution is 2.26. The van der Waals surface area contributed by atoms with Gasteiger partial charge in [-0.05, 0) is 37.4 Å². The number of hydrogen-bond donors (Lipinski definition) is 1. The van der Waals surface area contributed by atoms with Crippen LogP contribution in [0.3, 0.4) is 0 Å². The van der Waals surface area contributed by atoms with E-state index in [1.165, 1.54) is 12.8 Å². The van der Waals surface area contributed by atoms with Gasteiger partial charge in [0.2, 0.25) is 5.91 Å². The Morgan fingerprint density at radius 3 is 2.65 bits per heavy atom. The molecule has 1 fully saturated rings. The number of piperidine rings is 1. The molecule has 3 rings (SSSR count). The second kappa shape index (κ2) is 7.62. The van der Waals surface area contributed by atoms with Crippen LogP contribution in [0.25, 0.3) is 5.69 Å². The van der Waals surface area contributed by atoms with Crippen LogP contribution in [0, 0.1) is 5.92 Å². The summed E-state index contributed by atoms with van der Waals surface area (Å²) in [6.45, 7) is 11.1. The number of likely N-dealkylation sites (tertiary alicyclic amines) is 1. The predicted molar refractivity (Wildman–Crippen MR) is 106 cm³/mol. The Bertz CT molecular complexity index is 745. The number of carbonyl (C=O) groups excluding carboxylic acids is 1. The second-order valence-corrected chi connectivity index (χ2v) is 8.44. The van der Waals surface area contributed by atoms with Crippen molar-refractivity contribution in [1.82, 2.24) is 14.7 Å². The molecule has 0 spiro atoms.